The van der Waals surface area contributed by atoms with Crippen LogP contribution in [0.4, 0.5) is 5.69 Å². The smallest absolute Gasteiger partial charge is 0.338 e. The van der Waals surface area contributed by atoms with Crippen molar-refractivity contribution in [2.45, 2.75) is 6.92 Å². The van der Waals surface area contributed by atoms with Crippen molar-refractivity contribution in [3.63, 3.8) is 0 Å². The summed E-state index contributed by atoms with van der Waals surface area (Å²) in [4.78, 5) is 26.1. The molecular weight excluding hydrogens is 348 g/mol. The Hall–Kier alpha value is -2.89. The van der Waals surface area contributed by atoms with E-state index in [-0.39, 0.29) is 5.57 Å². The van der Waals surface area contributed by atoms with E-state index in [2.05, 4.69) is 15.5 Å². The number of rotatable bonds is 8. The number of esters is 1. The summed E-state index contributed by atoms with van der Waals surface area (Å²) < 4.78 is 10.2. The van der Waals surface area contributed by atoms with Crippen molar-refractivity contribution in [2.75, 3.05) is 51.3 Å². The van der Waals surface area contributed by atoms with E-state index in [1.54, 1.807) is 31.2 Å². The van der Waals surface area contributed by atoms with Gasteiger partial charge in [0, 0.05) is 38.1 Å². The Kier molecular flexibility index (Phi) is 8.29. The van der Waals surface area contributed by atoms with Gasteiger partial charge in [0.1, 0.15) is 11.6 Å². The average Bonchev–Trinajstić information content (AvgIpc) is 2.69. The first-order valence-corrected chi connectivity index (χ1v) is 8.86. The van der Waals surface area contributed by atoms with Gasteiger partial charge in [0.25, 0.3) is 5.91 Å². The summed E-state index contributed by atoms with van der Waals surface area (Å²) >= 11 is 0. The number of carbonyl (C=O) groups excluding carboxylic acids is 2. The van der Waals surface area contributed by atoms with E-state index in [1.165, 1.54) is 6.20 Å². The van der Waals surface area contributed by atoms with Crippen molar-refractivity contribution in [1.82, 2.24) is 10.2 Å². The largest absolute Gasteiger partial charge is 0.462 e. The van der Waals surface area contributed by atoms with Gasteiger partial charge in [-0.1, -0.05) is 0 Å². The fraction of sp³-hybridized carbons (Fsp3) is 0.421. The first-order valence-electron chi connectivity index (χ1n) is 8.86. The van der Waals surface area contributed by atoms with Gasteiger partial charge in [-0.15, -0.1) is 0 Å². The lowest BCUT2D eigenvalue weighted by molar-refractivity contribution is -0.112. The molecule has 1 saturated heterocycles. The van der Waals surface area contributed by atoms with Crippen molar-refractivity contribution in [3.8, 4) is 6.07 Å². The molecule has 1 aromatic rings. The van der Waals surface area contributed by atoms with E-state index in [4.69, 9.17) is 9.47 Å². The standard InChI is InChI=1S/C19H24N4O4/c1-2-27-19(25)15-3-5-17(6-4-15)22-18(24)16(13-20)14-21-7-8-23-9-11-26-12-10-23/h3-6,14,21H,2,7-12H2,1H3,(H,22,24)/b16-14-. The van der Waals surface area contributed by atoms with Crippen molar-refractivity contribution in [2.24, 2.45) is 0 Å². The monoisotopic (exact) mass is 372 g/mol. The van der Waals surface area contributed by atoms with Gasteiger partial charge in [-0.3, -0.25) is 9.69 Å². The predicted molar refractivity (Wildman–Crippen MR) is 100.0 cm³/mol. The second kappa shape index (κ2) is 11.0. The summed E-state index contributed by atoms with van der Waals surface area (Å²) in [5.41, 5.74) is 0.865. The van der Waals surface area contributed by atoms with Crippen molar-refractivity contribution >= 4 is 17.6 Å². The lowest BCUT2D eigenvalue weighted by atomic mass is 10.2. The number of nitrogens with one attached hydrogen (secondary N) is 2. The maximum absolute atomic E-state index is 12.2. The number of morpholine rings is 1. The fourth-order valence-electron chi connectivity index (χ4n) is 2.47. The molecule has 2 rings (SSSR count). The zero-order valence-corrected chi connectivity index (χ0v) is 15.4. The molecule has 1 heterocycles. The summed E-state index contributed by atoms with van der Waals surface area (Å²) in [6, 6.07) is 8.18. The molecule has 0 spiro atoms. The Morgan fingerprint density at radius 3 is 2.63 bits per heavy atom. The molecule has 27 heavy (non-hydrogen) atoms. The number of amides is 1. The summed E-state index contributed by atoms with van der Waals surface area (Å²) in [6.07, 6.45) is 1.42. The quantitative estimate of drug-likeness (QED) is 0.305. The average molecular weight is 372 g/mol. The number of hydrogen-bond donors (Lipinski definition) is 2. The highest BCUT2D eigenvalue weighted by atomic mass is 16.5. The van der Waals surface area contributed by atoms with Gasteiger partial charge in [-0.25, -0.2) is 4.79 Å². The molecule has 1 amide bonds. The second-order valence-corrected chi connectivity index (χ2v) is 5.83. The van der Waals surface area contributed by atoms with Crippen LogP contribution in [0.25, 0.3) is 0 Å². The Morgan fingerprint density at radius 1 is 1.30 bits per heavy atom. The number of ether oxygens (including phenoxy) is 2. The number of hydrogen-bond acceptors (Lipinski definition) is 7. The van der Waals surface area contributed by atoms with Crippen LogP contribution in [0.15, 0.2) is 36.0 Å². The third kappa shape index (κ3) is 6.73. The molecule has 0 radical (unpaired) electrons. The summed E-state index contributed by atoms with van der Waals surface area (Å²) in [7, 11) is 0. The lowest BCUT2D eigenvalue weighted by Crippen LogP contribution is -2.39. The zero-order chi connectivity index (χ0) is 19.5. The van der Waals surface area contributed by atoms with Crippen LogP contribution in [0.5, 0.6) is 0 Å². The molecule has 1 aliphatic rings. The van der Waals surface area contributed by atoms with Crippen LogP contribution >= 0.6 is 0 Å². The van der Waals surface area contributed by atoms with Crippen molar-refractivity contribution < 1.29 is 19.1 Å². The van der Waals surface area contributed by atoms with E-state index in [0.717, 1.165) is 32.8 Å². The zero-order valence-electron chi connectivity index (χ0n) is 15.4. The molecule has 0 bridgehead atoms. The van der Waals surface area contributed by atoms with Gasteiger partial charge in [0.15, 0.2) is 0 Å². The Labute approximate surface area is 158 Å². The van der Waals surface area contributed by atoms with Gasteiger partial charge in [0.05, 0.1) is 25.4 Å². The molecule has 144 valence electrons. The number of nitriles is 1. The van der Waals surface area contributed by atoms with Crippen LogP contribution in [-0.4, -0.2) is 62.8 Å². The minimum absolute atomic E-state index is 0.0218. The fourth-order valence-corrected chi connectivity index (χ4v) is 2.47. The molecule has 0 aliphatic carbocycles. The van der Waals surface area contributed by atoms with Gasteiger partial charge in [0.2, 0.25) is 0 Å². The maximum atomic E-state index is 12.2. The van der Waals surface area contributed by atoms with Crippen LogP contribution in [0, 0.1) is 11.3 Å². The molecule has 0 aromatic heterocycles. The number of anilines is 1. The second-order valence-electron chi connectivity index (χ2n) is 5.83. The molecular formula is C19H24N4O4. The number of carbonyl (C=O) groups is 2. The maximum Gasteiger partial charge on any atom is 0.338 e. The van der Waals surface area contributed by atoms with Gasteiger partial charge < -0.3 is 20.1 Å². The topological polar surface area (TPSA) is 104 Å². The first kappa shape index (κ1) is 20.4. The van der Waals surface area contributed by atoms with Crippen LogP contribution in [0.3, 0.4) is 0 Å². The normalized spacial score (nSPS) is 14.9. The van der Waals surface area contributed by atoms with E-state index in [1.807, 2.05) is 6.07 Å². The van der Waals surface area contributed by atoms with E-state index in [9.17, 15) is 14.9 Å². The molecule has 0 atom stereocenters. The van der Waals surface area contributed by atoms with Gasteiger partial charge >= 0.3 is 5.97 Å². The third-order valence-electron chi connectivity index (χ3n) is 3.94. The summed E-state index contributed by atoms with van der Waals surface area (Å²) in [5, 5.41) is 14.8. The van der Waals surface area contributed by atoms with Gasteiger partial charge in [-0.2, -0.15) is 5.26 Å². The summed E-state index contributed by atoms with van der Waals surface area (Å²) in [5.74, 6) is -0.933. The minimum Gasteiger partial charge on any atom is -0.462 e. The van der Waals surface area contributed by atoms with E-state index >= 15 is 0 Å². The van der Waals surface area contributed by atoms with Crippen LogP contribution in [0.1, 0.15) is 17.3 Å². The molecule has 1 aromatic carbocycles. The highest BCUT2D eigenvalue weighted by Crippen LogP contribution is 2.11. The Balaban J connectivity index is 1.83. The highest BCUT2D eigenvalue weighted by molar-refractivity contribution is 6.06. The molecule has 0 unspecified atom stereocenters. The van der Waals surface area contributed by atoms with Crippen LogP contribution in [0.2, 0.25) is 0 Å². The van der Waals surface area contributed by atoms with Crippen LogP contribution in [-0.2, 0) is 14.3 Å². The molecule has 1 aliphatic heterocycles. The molecule has 1 fully saturated rings. The SMILES string of the molecule is CCOC(=O)c1ccc(NC(=O)/C(C#N)=C\NCCN2CCOCC2)cc1. The molecule has 0 saturated carbocycles. The first-order chi connectivity index (χ1) is 13.1. The highest BCUT2D eigenvalue weighted by Gasteiger charge is 2.12. The lowest BCUT2D eigenvalue weighted by Gasteiger charge is -2.26. The van der Waals surface area contributed by atoms with E-state index in [0.29, 0.717) is 24.4 Å². The number of benzene rings is 1. The summed E-state index contributed by atoms with van der Waals surface area (Å²) in [6.45, 7) is 6.72. The van der Waals surface area contributed by atoms with Crippen LogP contribution < -0.4 is 10.6 Å². The van der Waals surface area contributed by atoms with Crippen molar-refractivity contribution in [1.29, 1.82) is 5.26 Å². The van der Waals surface area contributed by atoms with E-state index < -0.39 is 11.9 Å². The Morgan fingerprint density at radius 2 is 2.00 bits per heavy atom. The number of nitrogens with zero attached hydrogens (tertiary/aromatic N) is 2. The third-order valence-corrected chi connectivity index (χ3v) is 3.94. The van der Waals surface area contributed by atoms with Gasteiger partial charge in [-0.05, 0) is 31.2 Å². The molecule has 8 nitrogen and oxygen atoms in total. The Bertz CT molecular complexity index is 703. The molecule has 2 N–H and O–H groups in total. The minimum atomic E-state index is -0.514. The molecule has 8 heteroatoms. The van der Waals surface area contributed by atoms with Crippen molar-refractivity contribution in [3.05, 3.63) is 41.6 Å². The predicted octanol–water partition coefficient (Wildman–Crippen LogP) is 1.13.